The minimum absolute atomic E-state index is 0.0435. The molecule has 1 aromatic heterocycles. The summed E-state index contributed by atoms with van der Waals surface area (Å²) in [5.41, 5.74) is 1.07. The maximum absolute atomic E-state index is 8.94. The standard InChI is InChI=1S/C10H10N2O2/c13-10-6-12(8-11-10)14-7-9-4-2-1-3-5-9/h1-6,8,13H,7H2. The molecular weight excluding hydrogens is 180 g/mol. The Morgan fingerprint density at radius 3 is 2.71 bits per heavy atom. The SMILES string of the molecule is Oc1cn(OCc2ccccc2)cn1. The summed E-state index contributed by atoms with van der Waals surface area (Å²) < 4.78 is 1.38. The van der Waals surface area contributed by atoms with E-state index < -0.39 is 0 Å². The largest absolute Gasteiger partial charge is 0.492 e. The molecule has 0 saturated carbocycles. The number of aromatic nitrogens is 2. The molecule has 1 N–H and O–H groups in total. The van der Waals surface area contributed by atoms with Crippen LogP contribution in [0, 0.1) is 0 Å². The summed E-state index contributed by atoms with van der Waals surface area (Å²) in [5, 5.41) is 8.94. The first-order valence-electron chi connectivity index (χ1n) is 4.25. The Kier molecular flexibility index (Phi) is 2.36. The zero-order valence-corrected chi connectivity index (χ0v) is 7.50. The van der Waals surface area contributed by atoms with Crippen LogP contribution >= 0.6 is 0 Å². The molecule has 0 saturated heterocycles. The van der Waals surface area contributed by atoms with Crippen LogP contribution in [0.15, 0.2) is 42.9 Å². The molecule has 4 nitrogen and oxygen atoms in total. The van der Waals surface area contributed by atoms with E-state index in [9.17, 15) is 0 Å². The van der Waals surface area contributed by atoms with Crippen molar-refractivity contribution in [3.05, 3.63) is 48.4 Å². The minimum Gasteiger partial charge on any atom is -0.492 e. The minimum atomic E-state index is -0.0435. The predicted molar refractivity (Wildman–Crippen MR) is 50.6 cm³/mol. The van der Waals surface area contributed by atoms with Crippen molar-refractivity contribution < 1.29 is 9.94 Å². The summed E-state index contributed by atoms with van der Waals surface area (Å²) in [6.45, 7) is 0.455. The monoisotopic (exact) mass is 190 g/mol. The van der Waals surface area contributed by atoms with Crippen molar-refractivity contribution in [1.82, 2.24) is 9.71 Å². The van der Waals surface area contributed by atoms with Crippen molar-refractivity contribution in [3.63, 3.8) is 0 Å². The smallest absolute Gasteiger partial charge is 0.232 e. The van der Waals surface area contributed by atoms with Crippen LogP contribution in [0.1, 0.15) is 5.56 Å². The molecule has 0 unspecified atom stereocenters. The molecule has 4 heteroatoms. The molecule has 0 fully saturated rings. The number of nitrogens with zero attached hydrogens (tertiary/aromatic N) is 2. The highest BCUT2D eigenvalue weighted by atomic mass is 16.7. The average Bonchev–Trinajstić information content (AvgIpc) is 2.63. The van der Waals surface area contributed by atoms with E-state index in [4.69, 9.17) is 9.94 Å². The van der Waals surface area contributed by atoms with Gasteiger partial charge in [-0.3, -0.25) is 0 Å². The van der Waals surface area contributed by atoms with Crippen molar-refractivity contribution in [1.29, 1.82) is 0 Å². The molecule has 0 aliphatic carbocycles. The summed E-state index contributed by atoms with van der Waals surface area (Å²) in [6, 6.07) is 9.79. The molecule has 0 aliphatic rings. The Morgan fingerprint density at radius 1 is 1.29 bits per heavy atom. The van der Waals surface area contributed by atoms with Gasteiger partial charge in [-0.25, -0.2) is 0 Å². The van der Waals surface area contributed by atoms with Gasteiger partial charge in [0.25, 0.3) is 0 Å². The van der Waals surface area contributed by atoms with Crippen molar-refractivity contribution in [2.24, 2.45) is 0 Å². The molecule has 2 rings (SSSR count). The lowest BCUT2D eigenvalue weighted by Gasteiger charge is -2.04. The molecule has 0 atom stereocenters. The van der Waals surface area contributed by atoms with Crippen LogP contribution in [0.5, 0.6) is 5.88 Å². The summed E-state index contributed by atoms with van der Waals surface area (Å²) in [5.74, 6) is -0.0435. The highest BCUT2D eigenvalue weighted by Crippen LogP contribution is 2.02. The molecule has 14 heavy (non-hydrogen) atoms. The molecular formula is C10H10N2O2. The van der Waals surface area contributed by atoms with E-state index in [0.29, 0.717) is 6.61 Å². The molecule has 0 amide bonds. The Hall–Kier alpha value is -1.97. The van der Waals surface area contributed by atoms with E-state index in [1.54, 1.807) is 0 Å². The number of benzene rings is 1. The van der Waals surface area contributed by atoms with Crippen molar-refractivity contribution in [2.75, 3.05) is 0 Å². The number of aromatic hydroxyl groups is 1. The lowest BCUT2D eigenvalue weighted by molar-refractivity contribution is 0.0964. The van der Waals surface area contributed by atoms with Gasteiger partial charge in [0.1, 0.15) is 19.1 Å². The first-order valence-corrected chi connectivity index (χ1v) is 4.25. The fraction of sp³-hybridized carbons (Fsp3) is 0.100. The Bertz CT molecular complexity index is 398. The first kappa shape index (κ1) is 8.62. The fourth-order valence-electron chi connectivity index (χ4n) is 1.09. The van der Waals surface area contributed by atoms with Crippen LogP contribution < -0.4 is 4.84 Å². The third kappa shape index (κ3) is 2.04. The van der Waals surface area contributed by atoms with Crippen LogP contribution in [0.4, 0.5) is 0 Å². The number of rotatable bonds is 3. The Morgan fingerprint density at radius 2 is 2.07 bits per heavy atom. The second-order valence-electron chi connectivity index (χ2n) is 2.85. The molecule has 0 bridgehead atoms. The lowest BCUT2D eigenvalue weighted by Crippen LogP contribution is -2.08. The summed E-state index contributed by atoms with van der Waals surface area (Å²) >= 11 is 0. The average molecular weight is 190 g/mol. The molecule has 0 radical (unpaired) electrons. The molecule has 2 aromatic rings. The maximum Gasteiger partial charge on any atom is 0.232 e. The van der Waals surface area contributed by atoms with Gasteiger partial charge >= 0.3 is 0 Å². The third-order valence-corrected chi connectivity index (χ3v) is 1.77. The van der Waals surface area contributed by atoms with Gasteiger partial charge in [0.05, 0.1) is 0 Å². The zero-order valence-electron chi connectivity index (χ0n) is 7.50. The van der Waals surface area contributed by atoms with E-state index in [1.807, 2.05) is 30.3 Å². The fourth-order valence-corrected chi connectivity index (χ4v) is 1.09. The van der Waals surface area contributed by atoms with Gasteiger partial charge in [-0.05, 0) is 5.56 Å². The number of hydrogen-bond donors (Lipinski definition) is 1. The summed E-state index contributed by atoms with van der Waals surface area (Å²) in [7, 11) is 0. The molecule has 0 aliphatic heterocycles. The highest BCUT2D eigenvalue weighted by Gasteiger charge is 1.96. The zero-order chi connectivity index (χ0) is 9.80. The van der Waals surface area contributed by atoms with Crippen molar-refractivity contribution in [2.45, 2.75) is 6.61 Å². The lowest BCUT2D eigenvalue weighted by atomic mass is 10.2. The van der Waals surface area contributed by atoms with E-state index >= 15 is 0 Å². The van der Waals surface area contributed by atoms with E-state index in [-0.39, 0.29) is 5.88 Å². The summed E-state index contributed by atoms with van der Waals surface area (Å²) in [6.07, 6.45) is 2.82. The van der Waals surface area contributed by atoms with Crippen LogP contribution in [-0.2, 0) is 6.61 Å². The van der Waals surface area contributed by atoms with Crippen LogP contribution in [0.2, 0.25) is 0 Å². The second kappa shape index (κ2) is 3.83. The Balaban J connectivity index is 1.95. The van der Waals surface area contributed by atoms with Crippen molar-refractivity contribution in [3.8, 4) is 5.88 Å². The van der Waals surface area contributed by atoms with Gasteiger partial charge in [0, 0.05) is 0 Å². The van der Waals surface area contributed by atoms with Crippen LogP contribution in [0.3, 0.4) is 0 Å². The summed E-state index contributed by atoms with van der Waals surface area (Å²) in [4.78, 5) is 8.93. The predicted octanol–water partition coefficient (Wildman–Crippen LogP) is 1.22. The maximum atomic E-state index is 8.94. The first-order chi connectivity index (χ1) is 6.84. The van der Waals surface area contributed by atoms with E-state index in [1.165, 1.54) is 17.3 Å². The van der Waals surface area contributed by atoms with Crippen molar-refractivity contribution >= 4 is 0 Å². The van der Waals surface area contributed by atoms with E-state index in [2.05, 4.69) is 4.98 Å². The highest BCUT2D eigenvalue weighted by molar-refractivity contribution is 5.13. The normalized spacial score (nSPS) is 10.0. The quantitative estimate of drug-likeness (QED) is 0.791. The van der Waals surface area contributed by atoms with Gasteiger partial charge < -0.3 is 9.94 Å². The molecule has 1 aromatic carbocycles. The number of imidazole rings is 1. The van der Waals surface area contributed by atoms with Gasteiger partial charge in [-0.15, -0.1) is 0 Å². The topological polar surface area (TPSA) is 47.3 Å². The molecule has 0 spiro atoms. The Labute approximate surface area is 81.4 Å². The van der Waals surface area contributed by atoms with Gasteiger partial charge in [-0.1, -0.05) is 30.3 Å². The second-order valence-corrected chi connectivity index (χ2v) is 2.85. The van der Waals surface area contributed by atoms with E-state index in [0.717, 1.165) is 5.56 Å². The third-order valence-electron chi connectivity index (χ3n) is 1.77. The van der Waals surface area contributed by atoms with Gasteiger partial charge in [0.15, 0.2) is 0 Å². The molecule has 1 heterocycles. The van der Waals surface area contributed by atoms with Crippen LogP contribution in [0.25, 0.3) is 0 Å². The van der Waals surface area contributed by atoms with Gasteiger partial charge in [-0.2, -0.15) is 9.71 Å². The van der Waals surface area contributed by atoms with Crippen LogP contribution in [-0.4, -0.2) is 14.8 Å². The van der Waals surface area contributed by atoms with Gasteiger partial charge in [0.2, 0.25) is 5.88 Å². The number of hydrogen-bond acceptors (Lipinski definition) is 3. The molecule has 72 valence electrons.